The average Bonchev–Trinajstić information content (AvgIpc) is 3.34. The standard InChI is InChI=1S/C48H45N/c1-32-14-11-17-37(30-32)49(36-27-24-34(25-28-36)39-20-12-16-33-15-7-8-18-38(33)39)45-23-10-9-19-40(45)41-21-13-22-43-46(41)42-29-26-35(47(2,3)4)31-44(42)48(43,5)6/h7-29,31-32H,30H2,1-6H3. The van der Waals surface area contributed by atoms with Gasteiger partial charge in [0, 0.05) is 22.4 Å². The highest BCUT2D eigenvalue weighted by atomic mass is 15.2. The first-order valence-corrected chi connectivity index (χ1v) is 17.8. The summed E-state index contributed by atoms with van der Waals surface area (Å²) in [6.07, 6.45) is 7.83. The van der Waals surface area contributed by atoms with E-state index < -0.39 is 0 Å². The molecular formula is C48H45N. The van der Waals surface area contributed by atoms with Gasteiger partial charge in [0.1, 0.15) is 0 Å². The Morgan fingerprint density at radius 2 is 1.35 bits per heavy atom. The Morgan fingerprint density at radius 3 is 2.14 bits per heavy atom. The number of benzene rings is 6. The Hall–Kier alpha value is -5.14. The minimum atomic E-state index is -0.0832. The molecule has 6 aromatic rings. The molecular weight excluding hydrogens is 591 g/mol. The van der Waals surface area contributed by atoms with Crippen LogP contribution in [0.15, 0.2) is 151 Å². The summed E-state index contributed by atoms with van der Waals surface area (Å²) in [4.78, 5) is 2.51. The summed E-state index contributed by atoms with van der Waals surface area (Å²) >= 11 is 0. The van der Waals surface area contributed by atoms with Crippen LogP contribution in [0.4, 0.5) is 11.4 Å². The second kappa shape index (κ2) is 11.8. The first kappa shape index (κ1) is 31.1. The van der Waals surface area contributed by atoms with E-state index in [0.717, 1.165) is 6.42 Å². The van der Waals surface area contributed by atoms with Gasteiger partial charge in [-0.3, -0.25) is 0 Å². The lowest BCUT2D eigenvalue weighted by molar-refractivity contribution is 0.584. The second-order valence-corrected chi connectivity index (χ2v) is 15.5. The molecule has 0 spiro atoms. The fraction of sp³-hybridized carbons (Fsp3) is 0.208. The van der Waals surface area contributed by atoms with Crippen molar-refractivity contribution >= 4 is 22.1 Å². The van der Waals surface area contributed by atoms with Crippen LogP contribution in [0.5, 0.6) is 0 Å². The molecule has 49 heavy (non-hydrogen) atoms. The van der Waals surface area contributed by atoms with Crippen molar-refractivity contribution in [2.45, 2.75) is 58.8 Å². The van der Waals surface area contributed by atoms with Crippen LogP contribution in [0, 0.1) is 5.92 Å². The molecule has 0 heterocycles. The van der Waals surface area contributed by atoms with Gasteiger partial charge in [0.25, 0.3) is 0 Å². The SMILES string of the molecule is CC1C=CC=C(N(c2ccc(-c3cccc4ccccc34)cc2)c2ccccc2-c2cccc3c2-c2ccc(C(C)(C)C)cc2C3(C)C)C1. The largest absolute Gasteiger partial charge is 0.314 e. The summed E-state index contributed by atoms with van der Waals surface area (Å²) < 4.78 is 0. The van der Waals surface area contributed by atoms with E-state index in [9.17, 15) is 0 Å². The van der Waals surface area contributed by atoms with Crippen molar-refractivity contribution in [1.29, 1.82) is 0 Å². The molecule has 0 fully saturated rings. The van der Waals surface area contributed by atoms with Crippen LogP contribution in [0.2, 0.25) is 0 Å². The van der Waals surface area contributed by atoms with Gasteiger partial charge in [-0.15, -0.1) is 0 Å². The molecule has 0 aromatic heterocycles. The predicted octanol–water partition coefficient (Wildman–Crippen LogP) is 13.4. The molecule has 1 atom stereocenters. The molecule has 8 rings (SSSR count). The third-order valence-electron chi connectivity index (χ3n) is 10.8. The lowest BCUT2D eigenvalue weighted by atomic mass is 9.79. The van der Waals surface area contributed by atoms with Crippen molar-refractivity contribution in [1.82, 2.24) is 0 Å². The Morgan fingerprint density at radius 1 is 0.653 bits per heavy atom. The zero-order valence-electron chi connectivity index (χ0n) is 29.6. The minimum Gasteiger partial charge on any atom is -0.314 e. The molecule has 0 N–H and O–H groups in total. The maximum atomic E-state index is 2.51. The molecule has 0 amide bonds. The van der Waals surface area contributed by atoms with Crippen LogP contribution in [0.3, 0.4) is 0 Å². The number of hydrogen-bond donors (Lipinski definition) is 0. The van der Waals surface area contributed by atoms with Gasteiger partial charge in [-0.25, -0.2) is 0 Å². The monoisotopic (exact) mass is 635 g/mol. The number of para-hydroxylation sites is 1. The summed E-state index contributed by atoms with van der Waals surface area (Å²) in [5, 5.41) is 2.55. The van der Waals surface area contributed by atoms with E-state index in [-0.39, 0.29) is 10.8 Å². The Balaban J connectivity index is 1.29. The smallest absolute Gasteiger partial charge is 0.0537 e. The quantitative estimate of drug-likeness (QED) is 0.182. The number of anilines is 2. The van der Waals surface area contributed by atoms with E-state index in [4.69, 9.17) is 0 Å². The van der Waals surface area contributed by atoms with Crippen molar-refractivity contribution in [2.24, 2.45) is 5.92 Å². The van der Waals surface area contributed by atoms with E-state index in [1.54, 1.807) is 0 Å². The van der Waals surface area contributed by atoms with E-state index in [1.807, 2.05) is 0 Å². The van der Waals surface area contributed by atoms with E-state index in [1.165, 1.54) is 77.9 Å². The van der Waals surface area contributed by atoms with Gasteiger partial charge in [-0.05, 0) is 97.3 Å². The lowest BCUT2D eigenvalue weighted by Crippen LogP contribution is -2.20. The number of rotatable bonds is 5. The molecule has 0 aliphatic heterocycles. The van der Waals surface area contributed by atoms with Gasteiger partial charge in [0.05, 0.1) is 5.69 Å². The maximum Gasteiger partial charge on any atom is 0.0537 e. The lowest BCUT2D eigenvalue weighted by Gasteiger charge is -2.32. The fourth-order valence-corrected chi connectivity index (χ4v) is 8.09. The molecule has 242 valence electrons. The highest BCUT2D eigenvalue weighted by molar-refractivity contribution is 5.99. The highest BCUT2D eigenvalue weighted by Crippen LogP contribution is 2.54. The molecule has 0 bridgehead atoms. The van der Waals surface area contributed by atoms with Crippen LogP contribution in [-0.4, -0.2) is 0 Å². The molecule has 0 saturated carbocycles. The Kier molecular flexibility index (Phi) is 7.49. The predicted molar refractivity (Wildman–Crippen MR) is 211 cm³/mol. The second-order valence-electron chi connectivity index (χ2n) is 15.5. The van der Waals surface area contributed by atoms with Crippen LogP contribution in [0.1, 0.15) is 64.7 Å². The number of fused-ring (bicyclic) bond motifs is 4. The number of nitrogens with zero attached hydrogens (tertiary/aromatic N) is 1. The third kappa shape index (κ3) is 5.33. The Bertz CT molecular complexity index is 2270. The van der Waals surface area contributed by atoms with Crippen LogP contribution in [-0.2, 0) is 10.8 Å². The summed E-state index contributed by atoms with van der Waals surface area (Å²) in [6, 6.07) is 47.6. The molecule has 1 heteroatoms. The Labute approximate surface area is 292 Å². The van der Waals surface area contributed by atoms with Gasteiger partial charge in [-0.2, -0.15) is 0 Å². The van der Waals surface area contributed by atoms with Gasteiger partial charge < -0.3 is 4.90 Å². The van der Waals surface area contributed by atoms with Crippen molar-refractivity contribution in [3.63, 3.8) is 0 Å². The average molecular weight is 636 g/mol. The van der Waals surface area contributed by atoms with Crippen LogP contribution < -0.4 is 4.90 Å². The summed E-state index contributed by atoms with van der Waals surface area (Å²) in [5.41, 5.74) is 15.7. The summed E-state index contributed by atoms with van der Waals surface area (Å²) in [5.74, 6) is 0.468. The first-order valence-electron chi connectivity index (χ1n) is 17.8. The molecule has 1 nitrogen and oxygen atoms in total. The van der Waals surface area contributed by atoms with Gasteiger partial charge in [0.15, 0.2) is 0 Å². The minimum absolute atomic E-state index is 0.0832. The van der Waals surface area contributed by atoms with E-state index >= 15 is 0 Å². The zero-order valence-corrected chi connectivity index (χ0v) is 29.6. The summed E-state index contributed by atoms with van der Waals surface area (Å²) in [6.45, 7) is 14.0. The molecule has 0 saturated heterocycles. The molecule has 0 radical (unpaired) electrons. The first-order chi connectivity index (χ1) is 23.6. The fourth-order valence-electron chi connectivity index (χ4n) is 8.09. The van der Waals surface area contributed by atoms with Gasteiger partial charge in [0.2, 0.25) is 0 Å². The molecule has 6 aromatic carbocycles. The maximum absolute atomic E-state index is 2.51. The van der Waals surface area contributed by atoms with Crippen molar-refractivity contribution in [3.05, 3.63) is 168 Å². The van der Waals surface area contributed by atoms with E-state index in [2.05, 4.69) is 192 Å². The number of allylic oxidation sites excluding steroid dienone is 4. The molecule has 1 unspecified atom stereocenters. The van der Waals surface area contributed by atoms with Crippen molar-refractivity contribution in [2.75, 3.05) is 4.90 Å². The van der Waals surface area contributed by atoms with Crippen molar-refractivity contribution < 1.29 is 0 Å². The van der Waals surface area contributed by atoms with Gasteiger partial charge >= 0.3 is 0 Å². The van der Waals surface area contributed by atoms with Gasteiger partial charge in [-0.1, -0.05) is 163 Å². The van der Waals surface area contributed by atoms with E-state index in [0.29, 0.717) is 5.92 Å². The summed E-state index contributed by atoms with van der Waals surface area (Å²) in [7, 11) is 0. The van der Waals surface area contributed by atoms with Crippen molar-refractivity contribution in [3.8, 4) is 33.4 Å². The highest BCUT2D eigenvalue weighted by Gasteiger charge is 2.38. The molecule has 2 aliphatic carbocycles. The molecule has 2 aliphatic rings. The topological polar surface area (TPSA) is 3.24 Å². The normalized spacial score (nSPS) is 16.3. The third-order valence-corrected chi connectivity index (χ3v) is 10.8. The zero-order chi connectivity index (χ0) is 33.9. The number of hydrogen-bond acceptors (Lipinski definition) is 1. The van der Waals surface area contributed by atoms with Crippen LogP contribution >= 0.6 is 0 Å². The van der Waals surface area contributed by atoms with Crippen LogP contribution in [0.25, 0.3) is 44.2 Å².